The summed E-state index contributed by atoms with van der Waals surface area (Å²) in [5.74, 6) is 2.70. The first-order valence-corrected chi connectivity index (χ1v) is 7.05. The zero-order chi connectivity index (χ0) is 14.3. The van der Waals surface area contributed by atoms with Gasteiger partial charge in [0.1, 0.15) is 6.10 Å². The van der Waals surface area contributed by atoms with E-state index in [4.69, 9.17) is 9.47 Å². The normalized spacial score (nSPS) is 12.8. The lowest BCUT2D eigenvalue weighted by atomic mass is 10.1. The summed E-state index contributed by atoms with van der Waals surface area (Å²) in [5.41, 5.74) is 0. The molecule has 0 aliphatic rings. The molecule has 0 aromatic heterocycles. The van der Waals surface area contributed by atoms with E-state index in [9.17, 15) is 0 Å². The first-order chi connectivity index (χ1) is 9.04. The Hall–Kier alpha value is -1.22. The molecule has 0 aliphatic heterocycles. The lowest BCUT2D eigenvalue weighted by Crippen LogP contribution is -2.37. The Kier molecular flexibility index (Phi) is 6.71. The van der Waals surface area contributed by atoms with Crippen molar-refractivity contribution in [2.45, 2.75) is 33.8 Å². The van der Waals surface area contributed by atoms with Gasteiger partial charge in [0.15, 0.2) is 11.5 Å². The monoisotopic (exact) mass is 265 g/mol. The van der Waals surface area contributed by atoms with Crippen molar-refractivity contribution in [2.24, 2.45) is 11.8 Å². The molecule has 0 aliphatic carbocycles. The molecule has 0 heterocycles. The number of para-hydroxylation sites is 2. The van der Waals surface area contributed by atoms with Crippen molar-refractivity contribution in [3.63, 3.8) is 0 Å². The third-order valence-electron chi connectivity index (χ3n) is 2.99. The Balaban J connectivity index is 2.62. The highest BCUT2D eigenvalue weighted by Crippen LogP contribution is 2.27. The van der Waals surface area contributed by atoms with E-state index in [1.54, 1.807) is 7.11 Å². The summed E-state index contributed by atoms with van der Waals surface area (Å²) >= 11 is 0. The van der Waals surface area contributed by atoms with Gasteiger partial charge in [0.25, 0.3) is 0 Å². The van der Waals surface area contributed by atoms with Crippen molar-refractivity contribution < 1.29 is 9.47 Å². The molecule has 0 amide bonds. The van der Waals surface area contributed by atoms with E-state index in [0.717, 1.165) is 24.6 Å². The van der Waals surface area contributed by atoms with Crippen LogP contribution in [0.2, 0.25) is 0 Å². The number of methoxy groups -OCH3 is 1. The number of benzene rings is 1. The molecule has 0 saturated heterocycles. The van der Waals surface area contributed by atoms with Gasteiger partial charge in [-0.25, -0.2) is 0 Å². The molecule has 1 rings (SSSR count). The molecule has 1 atom stereocenters. The fourth-order valence-electron chi connectivity index (χ4n) is 1.81. The first kappa shape index (κ1) is 15.8. The van der Waals surface area contributed by atoms with Crippen molar-refractivity contribution in [2.75, 3.05) is 20.2 Å². The quantitative estimate of drug-likeness (QED) is 0.782. The first-order valence-electron chi connectivity index (χ1n) is 7.05. The second-order valence-corrected chi connectivity index (χ2v) is 5.60. The molecule has 0 fully saturated rings. The molecule has 3 nitrogen and oxygen atoms in total. The van der Waals surface area contributed by atoms with Crippen LogP contribution in [0.1, 0.15) is 27.7 Å². The summed E-state index contributed by atoms with van der Waals surface area (Å²) in [6, 6.07) is 7.80. The van der Waals surface area contributed by atoms with E-state index in [2.05, 4.69) is 33.0 Å². The van der Waals surface area contributed by atoms with E-state index in [1.807, 2.05) is 24.3 Å². The Morgan fingerprint density at radius 3 is 2.16 bits per heavy atom. The fraction of sp³-hybridized carbons (Fsp3) is 0.625. The fourth-order valence-corrected chi connectivity index (χ4v) is 1.81. The predicted octanol–water partition coefficient (Wildman–Crippen LogP) is 3.34. The van der Waals surface area contributed by atoms with Gasteiger partial charge in [-0.15, -0.1) is 0 Å². The molecule has 1 N–H and O–H groups in total. The third kappa shape index (κ3) is 5.52. The van der Waals surface area contributed by atoms with E-state index in [-0.39, 0.29) is 6.10 Å². The second kappa shape index (κ2) is 8.05. The number of rotatable bonds is 8. The van der Waals surface area contributed by atoms with Crippen LogP contribution in [0.15, 0.2) is 24.3 Å². The van der Waals surface area contributed by atoms with E-state index >= 15 is 0 Å². The second-order valence-electron chi connectivity index (χ2n) is 5.60. The summed E-state index contributed by atoms with van der Waals surface area (Å²) in [5, 5.41) is 3.46. The van der Waals surface area contributed by atoms with Gasteiger partial charge in [0, 0.05) is 6.54 Å². The summed E-state index contributed by atoms with van der Waals surface area (Å²) in [6.07, 6.45) is 0.148. The zero-order valence-corrected chi connectivity index (χ0v) is 12.8. The molecule has 1 unspecified atom stereocenters. The molecule has 3 heteroatoms. The van der Waals surface area contributed by atoms with Crippen LogP contribution >= 0.6 is 0 Å². The van der Waals surface area contributed by atoms with Gasteiger partial charge in [0.2, 0.25) is 0 Å². The molecule has 108 valence electrons. The van der Waals surface area contributed by atoms with E-state index in [1.165, 1.54) is 0 Å². The molecule has 0 bridgehead atoms. The van der Waals surface area contributed by atoms with Gasteiger partial charge in [-0.3, -0.25) is 0 Å². The van der Waals surface area contributed by atoms with Crippen molar-refractivity contribution in [1.82, 2.24) is 5.32 Å². The maximum atomic E-state index is 6.09. The molecule has 0 spiro atoms. The van der Waals surface area contributed by atoms with Crippen molar-refractivity contribution in [1.29, 1.82) is 0 Å². The summed E-state index contributed by atoms with van der Waals surface area (Å²) in [6.45, 7) is 10.6. The van der Waals surface area contributed by atoms with Crippen LogP contribution in [0.4, 0.5) is 0 Å². The topological polar surface area (TPSA) is 30.5 Å². The van der Waals surface area contributed by atoms with Crippen LogP contribution in [-0.4, -0.2) is 26.3 Å². The van der Waals surface area contributed by atoms with Crippen LogP contribution in [0.3, 0.4) is 0 Å². The highest BCUT2D eigenvalue weighted by molar-refractivity contribution is 5.39. The molecule has 1 aromatic carbocycles. The SMILES string of the molecule is COc1ccccc1OC(CNCC(C)C)C(C)C. The summed E-state index contributed by atoms with van der Waals surface area (Å²) in [4.78, 5) is 0. The number of hydrogen-bond donors (Lipinski definition) is 1. The maximum absolute atomic E-state index is 6.09. The summed E-state index contributed by atoms with van der Waals surface area (Å²) < 4.78 is 11.4. The lowest BCUT2D eigenvalue weighted by Gasteiger charge is -2.24. The van der Waals surface area contributed by atoms with Crippen LogP contribution in [0.25, 0.3) is 0 Å². The van der Waals surface area contributed by atoms with E-state index < -0.39 is 0 Å². The number of hydrogen-bond acceptors (Lipinski definition) is 3. The molecular weight excluding hydrogens is 238 g/mol. The Labute approximate surface area is 117 Å². The Morgan fingerprint density at radius 2 is 1.63 bits per heavy atom. The third-order valence-corrected chi connectivity index (χ3v) is 2.99. The van der Waals surface area contributed by atoms with Crippen LogP contribution < -0.4 is 14.8 Å². The minimum absolute atomic E-state index is 0.148. The standard InChI is InChI=1S/C16H27NO2/c1-12(2)10-17-11-16(13(3)4)19-15-9-7-6-8-14(15)18-5/h6-9,12-13,16-17H,10-11H2,1-5H3. The van der Waals surface area contributed by atoms with Gasteiger partial charge < -0.3 is 14.8 Å². The van der Waals surface area contributed by atoms with Gasteiger partial charge in [-0.05, 0) is 30.5 Å². The Morgan fingerprint density at radius 1 is 1.00 bits per heavy atom. The summed E-state index contributed by atoms with van der Waals surface area (Å²) in [7, 11) is 1.67. The number of ether oxygens (including phenoxy) is 2. The molecule has 19 heavy (non-hydrogen) atoms. The van der Waals surface area contributed by atoms with Crippen LogP contribution in [0.5, 0.6) is 11.5 Å². The number of nitrogens with one attached hydrogen (secondary N) is 1. The van der Waals surface area contributed by atoms with Crippen LogP contribution in [-0.2, 0) is 0 Å². The Bertz CT molecular complexity index is 364. The average Bonchev–Trinajstić information content (AvgIpc) is 2.37. The van der Waals surface area contributed by atoms with E-state index in [0.29, 0.717) is 11.8 Å². The minimum Gasteiger partial charge on any atom is -0.493 e. The molecule has 0 radical (unpaired) electrons. The van der Waals surface area contributed by atoms with Crippen LogP contribution in [0, 0.1) is 11.8 Å². The lowest BCUT2D eigenvalue weighted by molar-refractivity contribution is 0.143. The molecular formula is C16H27NO2. The highest BCUT2D eigenvalue weighted by atomic mass is 16.5. The van der Waals surface area contributed by atoms with Gasteiger partial charge in [-0.1, -0.05) is 39.8 Å². The largest absolute Gasteiger partial charge is 0.493 e. The molecule has 0 saturated carbocycles. The average molecular weight is 265 g/mol. The predicted molar refractivity (Wildman–Crippen MR) is 80.0 cm³/mol. The van der Waals surface area contributed by atoms with Crippen molar-refractivity contribution in [3.8, 4) is 11.5 Å². The smallest absolute Gasteiger partial charge is 0.161 e. The van der Waals surface area contributed by atoms with Crippen molar-refractivity contribution >= 4 is 0 Å². The van der Waals surface area contributed by atoms with Gasteiger partial charge in [0.05, 0.1) is 7.11 Å². The van der Waals surface area contributed by atoms with Gasteiger partial charge in [-0.2, -0.15) is 0 Å². The maximum Gasteiger partial charge on any atom is 0.161 e. The highest BCUT2D eigenvalue weighted by Gasteiger charge is 2.17. The van der Waals surface area contributed by atoms with Gasteiger partial charge >= 0.3 is 0 Å². The molecule has 1 aromatic rings. The van der Waals surface area contributed by atoms with Crippen molar-refractivity contribution in [3.05, 3.63) is 24.3 Å². The zero-order valence-electron chi connectivity index (χ0n) is 12.8. The minimum atomic E-state index is 0.148.